The second-order valence-electron chi connectivity index (χ2n) is 5.28. The number of halogens is 2. The van der Waals surface area contributed by atoms with Gasteiger partial charge in [0.25, 0.3) is 5.69 Å². The van der Waals surface area contributed by atoms with Gasteiger partial charge in [-0.15, -0.1) is 0 Å². The molecule has 0 saturated carbocycles. The van der Waals surface area contributed by atoms with Crippen LogP contribution in [0.25, 0.3) is 0 Å². The molecule has 3 rings (SSSR count). The van der Waals surface area contributed by atoms with Crippen LogP contribution in [0.2, 0.25) is 0 Å². The Kier molecular flexibility index (Phi) is 3.29. The Morgan fingerprint density at radius 1 is 1.09 bits per heavy atom. The van der Waals surface area contributed by atoms with Gasteiger partial charge in [-0.1, -0.05) is 12.1 Å². The molecule has 5 nitrogen and oxygen atoms in total. The number of rotatable bonds is 3. The molecule has 0 spiro atoms. The quantitative estimate of drug-likeness (QED) is 0.699. The van der Waals surface area contributed by atoms with Crippen molar-refractivity contribution in [3.05, 3.63) is 69.8 Å². The van der Waals surface area contributed by atoms with Gasteiger partial charge in [-0.2, -0.15) is 0 Å². The summed E-state index contributed by atoms with van der Waals surface area (Å²) in [5.41, 5.74) is -0.759. The number of hydrogen-bond donors (Lipinski definition) is 1. The minimum Gasteiger partial charge on any atom is -0.381 e. The number of aliphatic hydroxyl groups is 1. The molecule has 0 aromatic heterocycles. The predicted molar refractivity (Wildman–Crippen MR) is 75.6 cm³/mol. The highest BCUT2D eigenvalue weighted by Crippen LogP contribution is 2.39. The van der Waals surface area contributed by atoms with E-state index < -0.39 is 22.2 Å². The zero-order chi connectivity index (χ0) is 15.9. The van der Waals surface area contributed by atoms with Crippen LogP contribution in [0.5, 0.6) is 0 Å². The summed E-state index contributed by atoms with van der Waals surface area (Å²) >= 11 is 0. The summed E-state index contributed by atoms with van der Waals surface area (Å²) < 4.78 is 26.1. The molecule has 2 aromatic carbocycles. The lowest BCUT2D eigenvalue weighted by molar-refractivity contribution is -0.384. The van der Waals surface area contributed by atoms with Gasteiger partial charge in [0, 0.05) is 0 Å². The first kappa shape index (κ1) is 14.4. The van der Waals surface area contributed by atoms with Gasteiger partial charge in [-0.3, -0.25) is 10.1 Å². The van der Waals surface area contributed by atoms with E-state index in [1.807, 2.05) is 0 Å². The Bertz CT molecular complexity index is 728. The highest BCUT2D eigenvalue weighted by molar-refractivity contribution is 5.65. The summed E-state index contributed by atoms with van der Waals surface area (Å²) in [5, 5.41) is 21.5. The molecule has 0 unspecified atom stereocenters. The third-order valence-corrected chi connectivity index (χ3v) is 3.76. The molecule has 0 atom stereocenters. The number of nitro benzene ring substituents is 1. The Labute approximate surface area is 124 Å². The fourth-order valence-corrected chi connectivity index (χ4v) is 2.61. The summed E-state index contributed by atoms with van der Waals surface area (Å²) in [7, 11) is 0. The molecule has 2 aromatic rings. The molecule has 1 heterocycles. The van der Waals surface area contributed by atoms with Gasteiger partial charge in [-0.05, 0) is 29.8 Å². The van der Waals surface area contributed by atoms with Crippen molar-refractivity contribution in [3.63, 3.8) is 0 Å². The molecule has 1 N–H and O–H groups in total. The molecule has 1 saturated heterocycles. The summed E-state index contributed by atoms with van der Waals surface area (Å²) in [5.74, 6) is -1.09. The Hall–Kier alpha value is -2.54. The van der Waals surface area contributed by atoms with Crippen LogP contribution in [0.1, 0.15) is 5.56 Å². The molecule has 1 aliphatic rings. The molecule has 114 valence electrons. The van der Waals surface area contributed by atoms with Crippen LogP contribution < -0.4 is 4.90 Å². The maximum atomic E-state index is 13.1. The number of β-amino-alcohol motifs (C(OH)–C–C–N with tert-alkyl or cyclic N) is 1. The molecule has 22 heavy (non-hydrogen) atoms. The van der Waals surface area contributed by atoms with Crippen LogP contribution in [-0.2, 0) is 5.60 Å². The van der Waals surface area contributed by atoms with Gasteiger partial charge in [0.05, 0.1) is 24.1 Å². The van der Waals surface area contributed by atoms with Crippen molar-refractivity contribution in [1.82, 2.24) is 0 Å². The van der Waals surface area contributed by atoms with Crippen molar-refractivity contribution in [2.45, 2.75) is 5.60 Å². The predicted octanol–water partition coefficient (Wildman–Crippen LogP) is 2.58. The van der Waals surface area contributed by atoms with Crippen molar-refractivity contribution in [2.75, 3.05) is 18.0 Å². The van der Waals surface area contributed by atoms with E-state index in [1.54, 1.807) is 4.90 Å². The SMILES string of the molecule is O=[N+]([O-])c1cc(F)ccc1N1CC(O)(c2ccc(F)cc2)C1. The summed E-state index contributed by atoms with van der Waals surface area (Å²) in [6.07, 6.45) is 0. The Balaban J connectivity index is 1.84. The third kappa shape index (κ3) is 2.39. The first-order valence-electron chi connectivity index (χ1n) is 6.56. The highest BCUT2D eigenvalue weighted by atomic mass is 19.1. The van der Waals surface area contributed by atoms with Crippen molar-refractivity contribution >= 4 is 11.4 Å². The average molecular weight is 306 g/mol. The lowest BCUT2D eigenvalue weighted by Gasteiger charge is -2.47. The topological polar surface area (TPSA) is 66.6 Å². The van der Waals surface area contributed by atoms with E-state index in [9.17, 15) is 24.0 Å². The number of nitro groups is 1. The molecule has 0 amide bonds. The van der Waals surface area contributed by atoms with Gasteiger partial charge in [-0.25, -0.2) is 8.78 Å². The summed E-state index contributed by atoms with van der Waals surface area (Å²) in [4.78, 5) is 11.9. The normalized spacial score (nSPS) is 16.2. The smallest absolute Gasteiger partial charge is 0.295 e. The fourth-order valence-electron chi connectivity index (χ4n) is 2.61. The minimum absolute atomic E-state index is 0.116. The van der Waals surface area contributed by atoms with E-state index in [0.717, 1.165) is 12.1 Å². The van der Waals surface area contributed by atoms with E-state index in [1.165, 1.54) is 30.3 Å². The first-order chi connectivity index (χ1) is 10.4. The Morgan fingerprint density at radius 2 is 1.68 bits per heavy atom. The number of benzene rings is 2. The molecule has 1 aliphatic heterocycles. The number of anilines is 1. The number of nitrogens with zero attached hydrogens (tertiary/aromatic N) is 2. The average Bonchev–Trinajstić information content (AvgIpc) is 2.45. The van der Waals surface area contributed by atoms with E-state index in [2.05, 4.69) is 0 Å². The van der Waals surface area contributed by atoms with Crippen molar-refractivity contribution in [2.24, 2.45) is 0 Å². The van der Waals surface area contributed by atoms with Crippen LogP contribution in [0.15, 0.2) is 42.5 Å². The van der Waals surface area contributed by atoms with Crippen molar-refractivity contribution in [3.8, 4) is 0 Å². The van der Waals surface area contributed by atoms with Crippen molar-refractivity contribution < 1.29 is 18.8 Å². The standard InChI is InChI=1S/C15H12F2N2O3/c16-11-3-1-10(2-4-11)15(20)8-18(9-15)13-6-5-12(17)7-14(13)19(21)22/h1-7,20H,8-9H2. The Morgan fingerprint density at radius 3 is 2.27 bits per heavy atom. The van der Waals surface area contributed by atoms with Gasteiger partial charge in [0.15, 0.2) is 0 Å². The lowest BCUT2D eigenvalue weighted by Crippen LogP contribution is -2.59. The van der Waals surface area contributed by atoms with Crippen LogP contribution in [-0.4, -0.2) is 23.1 Å². The zero-order valence-corrected chi connectivity index (χ0v) is 11.4. The van der Waals surface area contributed by atoms with Gasteiger partial charge < -0.3 is 10.0 Å². The molecular weight excluding hydrogens is 294 g/mol. The van der Waals surface area contributed by atoms with E-state index in [-0.39, 0.29) is 24.5 Å². The third-order valence-electron chi connectivity index (χ3n) is 3.76. The van der Waals surface area contributed by atoms with Crippen molar-refractivity contribution in [1.29, 1.82) is 0 Å². The summed E-state index contributed by atoms with van der Waals surface area (Å²) in [6, 6.07) is 8.75. The maximum absolute atomic E-state index is 13.1. The molecular formula is C15H12F2N2O3. The van der Waals surface area contributed by atoms with Gasteiger partial charge in [0.1, 0.15) is 22.9 Å². The van der Waals surface area contributed by atoms with Crippen LogP contribution >= 0.6 is 0 Å². The van der Waals surface area contributed by atoms with Gasteiger partial charge >= 0.3 is 0 Å². The molecule has 7 heteroatoms. The largest absolute Gasteiger partial charge is 0.381 e. The fraction of sp³-hybridized carbons (Fsp3) is 0.200. The number of hydrogen-bond acceptors (Lipinski definition) is 4. The molecule has 0 bridgehead atoms. The lowest BCUT2D eigenvalue weighted by atomic mass is 9.85. The van der Waals surface area contributed by atoms with Gasteiger partial charge in [0.2, 0.25) is 0 Å². The highest BCUT2D eigenvalue weighted by Gasteiger charge is 2.44. The van der Waals surface area contributed by atoms with E-state index >= 15 is 0 Å². The monoisotopic (exact) mass is 306 g/mol. The zero-order valence-electron chi connectivity index (χ0n) is 11.4. The minimum atomic E-state index is -1.20. The molecule has 0 aliphatic carbocycles. The van der Waals surface area contributed by atoms with Crippen LogP contribution in [0.4, 0.5) is 20.2 Å². The van der Waals surface area contributed by atoms with E-state index in [4.69, 9.17) is 0 Å². The van der Waals surface area contributed by atoms with Crippen LogP contribution in [0, 0.1) is 21.7 Å². The second kappa shape index (κ2) is 5.03. The van der Waals surface area contributed by atoms with Crippen LogP contribution in [0.3, 0.4) is 0 Å². The molecule has 1 fully saturated rings. The first-order valence-corrected chi connectivity index (χ1v) is 6.56. The summed E-state index contributed by atoms with van der Waals surface area (Å²) in [6.45, 7) is 0.232. The second-order valence-corrected chi connectivity index (χ2v) is 5.28. The maximum Gasteiger partial charge on any atom is 0.295 e. The molecule has 0 radical (unpaired) electrons. The van der Waals surface area contributed by atoms with E-state index in [0.29, 0.717) is 5.56 Å².